The average molecular weight is 162 g/mol. The van der Waals surface area contributed by atoms with Crippen molar-refractivity contribution in [1.82, 2.24) is 0 Å². The second-order valence-corrected chi connectivity index (χ2v) is 2.38. The van der Waals surface area contributed by atoms with Crippen LogP contribution >= 0.6 is 0 Å². The molecule has 1 heteroatoms. The molecule has 72 valence electrons. The molecule has 0 aliphatic heterocycles. The molecule has 0 aromatic heterocycles. The second kappa shape index (κ2) is 22.5. The Labute approximate surface area is 72.8 Å². The minimum atomic E-state index is 0. The van der Waals surface area contributed by atoms with Crippen molar-refractivity contribution in [3.8, 4) is 0 Å². The normalized spacial score (nSPS) is 7.64. The zero-order chi connectivity index (χ0) is 8.24. The molecular weight excluding hydrogens is 136 g/mol. The Morgan fingerprint density at radius 1 is 0.818 bits per heavy atom. The molecule has 0 rings (SSSR count). The Morgan fingerprint density at radius 2 is 1.09 bits per heavy atom. The summed E-state index contributed by atoms with van der Waals surface area (Å²) in [6.07, 6.45) is 7.01. The molecule has 0 fully saturated rings. The smallest absolute Gasteiger partial charge is 0.0402 e. The highest BCUT2D eigenvalue weighted by Gasteiger charge is 1.80. The second-order valence-electron chi connectivity index (χ2n) is 2.38. The number of hydrogen-bond donors (Lipinski definition) is 1. The molecule has 0 spiro atoms. The Morgan fingerprint density at radius 3 is 1.27 bits per heavy atom. The van der Waals surface area contributed by atoms with Gasteiger partial charge in [0.2, 0.25) is 0 Å². The molecule has 0 aromatic carbocycles. The van der Waals surface area contributed by atoms with E-state index in [1.807, 2.05) is 0 Å². The topological polar surface area (TPSA) is 20.2 Å². The van der Waals surface area contributed by atoms with Gasteiger partial charge in [-0.1, -0.05) is 53.4 Å². The molecule has 0 aliphatic carbocycles. The first-order valence-corrected chi connectivity index (χ1v) is 4.44. The van der Waals surface area contributed by atoms with Crippen molar-refractivity contribution in [2.45, 2.75) is 60.3 Å². The highest BCUT2D eigenvalue weighted by Crippen LogP contribution is 2.00. The molecule has 0 saturated heterocycles. The summed E-state index contributed by atoms with van der Waals surface area (Å²) in [5.41, 5.74) is 0. The van der Waals surface area contributed by atoms with Gasteiger partial charge in [-0.25, -0.2) is 0 Å². The van der Waals surface area contributed by atoms with Crippen LogP contribution in [0.2, 0.25) is 0 Å². The van der Waals surface area contributed by atoms with Crippen molar-refractivity contribution in [3.05, 3.63) is 0 Å². The summed E-state index contributed by atoms with van der Waals surface area (Å²) in [6.45, 7) is 6.42. The minimum absolute atomic E-state index is 0. The molecular formula is C10H26O. The summed E-state index contributed by atoms with van der Waals surface area (Å²) >= 11 is 0. The van der Waals surface area contributed by atoms with Gasteiger partial charge >= 0.3 is 0 Å². The van der Waals surface area contributed by atoms with Crippen LogP contribution in [-0.2, 0) is 0 Å². The van der Waals surface area contributed by atoms with Gasteiger partial charge in [0, 0.05) is 6.61 Å². The van der Waals surface area contributed by atoms with Gasteiger partial charge in [-0.3, -0.25) is 0 Å². The van der Waals surface area contributed by atoms with Crippen molar-refractivity contribution in [1.29, 1.82) is 0 Å². The van der Waals surface area contributed by atoms with Crippen molar-refractivity contribution in [3.63, 3.8) is 0 Å². The van der Waals surface area contributed by atoms with Crippen LogP contribution in [0.25, 0.3) is 0 Å². The molecule has 1 nitrogen and oxygen atoms in total. The van der Waals surface area contributed by atoms with Gasteiger partial charge in [0.05, 0.1) is 0 Å². The molecule has 11 heavy (non-hydrogen) atoms. The third-order valence-corrected chi connectivity index (χ3v) is 1.21. The van der Waals surface area contributed by atoms with Crippen LogP contribution in [0.4, 0.5) is 0 Å². The first-order valence-electron chi connectivity index (χ1n) is 4.44. The quantitative estimate of drug-likeness (QED) is 0.626. The Hall–Kier alpha value is -0.0400. The van der Waals surface area contributed by atoms with E-state index in [-0.39, 0.29) is 14.0 Å². The van der Waals surface area contributed by atoms with E-state index in [1.165, 1.54) is 32.1 Å². The first kappa shape index (κ1) is 17.2. The summed E-state index contributed by atoms with van der Waals surface area (Å²) in [7, 11) is 0. The van der Waals surface area contributed by atoms with Crippen LogP contribution in [0, 0.1) is 0 Å². The molecule has 0 bridgehead atoms. The number of unbranched alkanes of at least 4 members (excludes halogenated alkanes) is 4. The summed E-state index contributed by atoms with van der Waals surface area (Å²) in [6, 6.07) is 0. The Kier molecular flexibility index (Phi) is 35.1. The standard InChI is InChI=1S/C7H16.C2H6O.CH4/c1-3-5-7-6-4-2;1-2-3;/h3-7H2,1-2H3;3H,2H2,1H3;1H4. The minimum Gasteiger partial charge on any atom is -0.397 e. The van der Waals surface area contributed by atoms with E-state index in [2.05, 4.69) is 13.8 Å². The largest absolute Gasteiger partial charge is 0.397 e. The Balaban J connectivity index is -0.000000140. The highest BCUT2D eigenvalue weighted by molar-refractivity contribution is 4.35. The van der Waals surface area contributed by atoms with Gasteiger partial charge in [0.25, 0.3) is 0 Å². The lowest BCUT2D eigenvalue weighted by Crippen LogP contribution is -1.70. The summed E-state index contributed by atoms with van der Waals surface area (Å²) in [4.78, 5) is 0. The van der Waals surface area contributed by atoms with Crippen LogP contribution in [0.15, 0.2) is 0 Å². The average Bonchev–Trinajstić information content (AvgIpc) is 1.91. The monoisotopic (exact) mass is 162 g/mol. The van der Waals surface area contributed by atoms with Gasteiger partial charge in [-0.15, -0.1) is 0 Å². The van der Waals surface area contributed by atoms with E-state index in [9.17, 15) is 0 Å². The fourth-order valence-corrected chi connectivity index (χ4v) is 0.677. The molecule has 0 aromatic rings. The van der Waals surface area contributed by atoms with Crippen molar-refractivity contribution in [2.75, 3.05) is 6.61 Å². The maximum absolute atomic E-state index is 7.57. The summed E-state index contributed by atoms with van der Waals surface area (Å²) in [5, 5.41) is 7.57. The van der Waals surface area contributed by atoms with Crippen LogP contribution in [-0.4, -0.2) is 11.7 Å². The lowest BCUT2D eigenvalue weighted by molar-refractivity contribution is 0.318. The lowest BCUT2D eigenvalue weighted by atomic mass is 10.2. The SMILES string of the molecule is C.CCCCCCC.CCO. The van der Waals surface area contributed by atoms with Crippen LogP contribution < -0.4 is 0 Å². The van der Waals surface area contributed by atoms with Gasteiger partial charge in [0.1, 0.15) is 0 Å². The summed E-state index contributed by atoms with van der Waals surface area (Å²) < 4.78 is 0. The molecule has 0 amide bonds. The first-order chi connectivity index (χ1) is 4.83. The predicted octanol–water partition coefficient (Wildman–Crippen LogP) is 3.61. The van der Waals surface area contributed by atoms with Gasteiger partial charge in [0.15, 0.2) is 0 Å². The van der Waals surface area contributed by atoms with E-state index >= 15 is 0 Å². The van der Waals surface area contributed by atoms with E-state index in [0.717, 1.165) is 0 Å². The molecule has 1 N–H and O–H groups in total. The fourth-order valence-electron chi connectivity index (χ4n) is 0.677. The molecule has 0 radical (unpaired) electrons. The van der Waals surface area contributed by atoms with Gasteiger partial charge in [-0.2, -0.15) is 0 Å². The zero-order valence-corrected chi connectivity index (χ0v) is 7.69. The van der Waals surface area contributed by atoms with Crippen LogP contribution in [0.3, 0.4) is 0 Å². The fraction of sp³-hybridized carbons (Fsp3) is 1.00. The molecule has 0 saturated carbocycles. The molecule has 0 unspecified atom stereocenters. The van der Waals surface area contributed by atoms with Crippen molar-refractivity contribution in [2.24, 2.45) is 0 Å². The number of aliphatic hydroxyl groups is 1. The van der Waals surface area contributed by atoms with E-state index < -0.39 is 0 Å². The maximum atomic E-state index is 7.57. The third-order valence-electron chi connectivity index (χ3n) is 1.21. The Bertz CT molecular complexity index is 31.9. The van der Waals surface area contributed by atoms with Gasteiger partial charge in [-0.05, 0) is 6.92 Å². The van der Waals surface area contributed by atoms with Crippen LogP contribution in [0.1, 0.15) is 60.3 Å². The van der Waals surface area contributed by atoms with Crippen molar-refractivity contribution < 1.29 is 5.11 Å². The van der Waals surface area contributed by atoms with E-state index in [1.54, 1.807) is 6.92 Å². The van der Waals surface area contributed by atoms with Crippen molar-refractivity contribution >= 4 is 0 Å². The predicted molar refractivity (Wildman–Crippen MR) is 53.9 cm³/mol. The highest BCUT2D eigenvalue weighted by atomic mass is 16.2. The lowest BCUT2D eigenvalue weighted by Gasteiger charge is -1.90. The number of aliphatic hydroxyl groups excluding tert-OH is 1. The maximum Gasteiger partial charge on any atom is 0.0402 e. The van der Waals surface area contributed by atoms with E-state index in [0.29, 0.717) is 0 Å². The number of rotatable bonds is 4. The molecule has 0 aliphatic rings. The van der Waals surface area contributed by atoms with Crippen LogP contribution in [0.5, 0.6) is 0 Å². The van der Waals surface area contributed by atoms with E-state index in [4.69, 9.17) is 5.11 Å². The summed E-state index contributed by atoms with van der Waals surface area (Å²) in [5.74, 6) is 0. The number of hydrogen-bond acceptors (Lipinski definition) is 1. The zero-order valence-electron chi connectivity index (χ0n) is 7.69. The van der Waals surface area contributed by atoms with Gasteiger partial charge < -0.3 is 5.11 Å². The third kappa shape index (κ3) is 40.2. The molecule has 0 atom stereocenters. The molecule has 0 heterocycles.